The molecule has 2 aliphatic heterocycles. The zero-order valence-corrected chi connectivity index (χ0v) is 16.1. The summed E-state index contributed by atoms with van der Waals surface area (Å²) in [5.41, 5.74) is 0. The van der Waals surface area contributed by atoms with Crippen LogP contribution in [0.1, 0.15) is 0 Å². The van der Waals surface area contributed by atoms with E-state index in [1.54, 1.807) is 0 Å². The fraction of sp³-hybridized carbons (Fsp3) is 0. The normalized spacial score (nSPS) is 19.1. The number of rotatable bonds is 1. The molecule has 4 nitrogen and oxygen atoms in total. The summed E-state index contributed by atoms with van der Waals surface area (Å²) < 4.78 is 25.2. The van der Waals surface area contributed by atoms with Gasteiger partial charge in [0.2, 0.25) is 0 Å². The zero-order valence-electron chi connectivity index (χ0n) is 13.1. The van der Waals surface area contributed by atoms with Crippen molar-refractivity contribution in [3.05, 3.63) is 78.9 Å². The molecule has 0 radical (unpaired) electrons. The molecule has 0 unspecified atom stereocenters. The Bertz CT molecular complexity index is 803. The Morgan fingerprint density at radius 2 is 0.792 bits per heavy atom. The molecule has 114 valence electrons. The van der Waals surface area contributed by atoms with E-state index in [9.17, 15) is 0 Å². The molecule has 0 aliphatic carbocycles. The van der Waals surface area contributed by atoms with Crippen LogP contribution in [0, 0.1) is 0 Å². The molecular formula is C18H13NaO4Si. The summed E-state index contributed by atoms with van der Waals surface area (Å²) >= 11 is 0. The van der Waals surface area contributed by atoms with Crippen LogP contribution in [0.4, 0.5) is 0 Å². The molecule has 1 spiro atoms. The van der Waals surface area contributed by atoms with E-state index in [-0.39, 0.29) is 29.6 Å². The van der Waals surface area contributed by atoms with Crippen LogP contribution in [0.3, 0.4) is 0 Å². The first-order chi connectivity index (χ1) is 11.3. The van der Waals surface area contributed by atoms with E-state index < -0.39 is 8.33 Å². The maximum absolute atomic E-state index is 6.30. The average Bonchev–Trinajstić information content (AvgIpc) is 3.11. The van der Waals surface area contributed by atoms with Gasteiger partial charge in [-0.25, -0.2) is 0 Å². The molecule has 0 N–H and O–H groups in total. The Kier molecular flexibility index (Phi) is 3.44. The predicted molar refractivity (Wildman–Crippen MR) is 87.2 cm³/mol. The molecule has 0 aromatic heterocycles. The van der Waals surface area contributed by atoms with Crippen molar-refractivity contribution in [3.8, 4) is 23.0 Å². The summed E-state index contributed by atoms with van der Waals surface area (Å²) in [6.07, 6.45) is 0. The van der Waals surface area contributed by atoms with Gasteiger partial charge in [0, 0.05) is 0 Å². The predicted octanol–water partition coefficient (Wildman–Crippen LogP) is 0.230. The van der Waals surface area contributed by atoms with Crippen molar-refractivity contribution >= 4 is 13.5 Å². The first-order valence-corrected chi connectivity index (χ1v) is 9.58. The summed E-state index contributed by atoms with van der Waals surface area (Å²) in [6.45, 7) is 0. The Hall–Kier alpha value is -1.92. The summed E-state index contributed by atoms with van der Waals surface area (Å²) in [5.74, 6) is 2.55. The van der Waals surface area contributed by atoms with Crippen LogP contribution in [-0.4, -0.2) is 8.33 Å². The molecule has 5 rings (SSSR count). The molecule has 0 saturated heterocycles. The molecule has 0 atom stereocenters. The van der Waals surface area contributed by atoms with E-state index in [1.165, 1.54) is 0 Å². The van der Waals surface area contributed by atoms with Crippen molar-refractivity contribution in [3.63, 3.8) is 0 Å². The van der Waals surface area contributed by atoms with E-state index in [4.69, 9.17) is 17.7 Å². The quantitative estimate of drug-likeness (QED) is 0.593. The van der Waals surface area contributed by atoms with Gasteiger partial charge in [0.05, 0.1) is 0 Å². The fourth-order valence-electron chi connectivity index (χ4n) is 3.07. The Labute approximate surface area is 162 Å². The second-order valence-corrected chi connectivity index (χ2v) is 8.79. The van der Waals surface area contributed by atoms with Gasteiger partial charge in [-0.2, -0.15) is 0 Å². The molecule has 3 aromatic carbocycles. The second kappa shape index (κ2) is 5.29. The van der Waals surface area contributed by atoms with Crippen LogP contribution in [0.15, 0.2) is 78.9 Å². The van der Waals surface area contributed by atoms with Crippen molar-refractivity contribution in [2.45, 2.75) is 0 Å². The minimum absolute atomic E-state index is 0. The van der Waals surface area contributed by atoms with Crippen molar-refractivity contribution in [1.29, 1.82) is 0 Å². The van der Waals surface area contributed by atoms with Gasteiger partial charge in [-0.3, -0.25) is 0 Å². The van der Waals surface area contributed by atoms with Crippen molar-refractivity contribution in [2.24, 2.45) is 0 Å². The summed E-state index contributed by atoms with van der Waals surface area (Å²) in [4.78, 5) is 0. The topological polar surface area (TPSA) is 36.9 Å². The number of hydrogen-bond acceptors (Lipinski definition) is 4. The zero-order chi connectivity index (χ0) is 15.4. The number of fused-ring (bicyclic) bond motifs is 2. The van der Waals surface area contributed by atoms with Gasteiger partial charge in [0.1, 0.15) is 0 Å². The monoisotopic (exact) mass is 344 g/mol. The van der Waals surface area contributed by atoms with Crippen LogP contribution < -0.4 is 52.4 Å². The molecule has 0 amide bonds. The van der Waals surface area contributed by atoms with Crippen molar-refractivity contribution in [2.75, 3.05) is 0 Å². The minimum atomic E-state index is -4.31. The second-order valence-electron chi connectivity index (χ2n) is 5.58. The summed E-state index contributed by atoms with van der Waals surface area (Å²) in [7, 11) is -4.31. The summed E-state index contributed by atoms with van der Waals surface area (Å²) in [5, 5.41) is 0.778. The van der Waals surface area contributed by atoms with Gasteiger partial charge >= 0.3 is 163 Å². The molecule has 0 bridgehead atoms. The van der Waals surface area contributed by atoms with Crippen molar-refractivity contribution in [1.82, 2.24) is 0 Å². The fourth-order valence-corrected chi connectivity index (χ4v) is 6.72. The molecular weight excluding hydrogens is 331 g/mol. The first-order valence-electron chi connectivity index (χ1n) is 7.45. The Morgan fingerprint density at radius 3 is 1.17 bits per heavy atom. The molecule has 3 aromatic rings. The van der Waals surface area contributed by atoms with E-state index in [0.29, 0.717) is 23.0 Å². The molecule has 2 heterocycles. The molecule has 2 aliphatic rings. The van der Waals surface area contributed by atoms with Gasteiger partial charge < -0.3 is 0 Å². The molecule has 24 heavy (non-hydrogen) atoms. The van der Waals surface area contributed by atoms with E-state index in [0.717, 1.165) is 5.19 Å². The van der Waals surface area contributed by atoms with Gasteiger partial charge in [-0.05, 0) is 0 Å². The van der Waals surface area contributed by atoms with E-state index in [1.807, 2.05) is 78.9 Å². The van der Waals surface area contributed by atoms with Crippen LogP contribution >= 0.6 is 0 Å². The van der Waals surface area contributed by atoms with Crippen LogP contribution in [-0.2, 0) is 0 Å². The molecule has 0 fully saturated rings. The third kappa shape index (κ3) is 2.02. The summed E-state index contributed by atoms with van der Waals surface area (Å²) in [6, 6.07) is 24.7. The van der Waals surface area contributed by atoms with E-state index in [2.05, 4.69) is 0 Å². The van der Waals surface area contributed by atoms with Crippen LogP contribution in [0.25, 0.3) is 0 Å². The number of para-hydroxylation sites is 4. The van der Waals surface area contributed by atoms with Gasteiger partial charge in [-0.15, -0.1) is 0 Å². The Morgan fingerprint density at radius 1 is 0.458 bits per heavy atom. The molecule has 0 saturated carbocycles. The number of benzene rings is 3. The van der Waals surface area contributed by atoms with Gasteiger partial charge in [0.25, 0.3) is 0 Å². The molecule has 6 heteroatoms. The third-order valence-corrected chi connectivity index (χ3v) is 7.65. The SMILES string of the molecule is [Na+].c1ccc([Si-]23(Oc4ccccc4O2)Oc2ccccc2O3)cc1. The maximum atomic E-state index is 6.30. The van der Waals surface area contributed by atoms with Crippen molar-refractivity contribution < 1.29 is 47.3 Å². The van der Waals surface area contributed by atoms with Crippen LogP contribution in [0.2, 0.25) is 0 Å². The van der Waals surface area contributed by atoms with Crippen LogP contribution in [0.5, 0.6) is 23.0 Å². The first kappa shape index (κ1) is 15.6. The Balaban J connectivity index is 0.00000146. The third-order valence-electron chi connectivity index (χ3n) is 4.09. The average molecular weight is 344 g/mol. The van der Waals surface area contributed by atoms with E-state index >= 15 is 0 Å². The van der Waals surface area contributed by atoms with Gasteiger partial charge in [0.15, 0.2) is 0 Å². The number of hydrogen-bond donors (Lipinski definition) is 0. The van der Waals surface area contributed by atoms with Gasteiger partial charge in [-0.1, -0.05) is 0 Å². The standard InChI is InChI=1S/C18H13O4Si.Na/c1-2-8-14(9-3-1)23(19-15-10-4-5-11-16(15)20-23)21-17-12-6-7-13-18(17)22-23;/h1-13H;/q-1;+1.